The first-order valence-electron chi connectivity index (χ1n) is 9.23. The summed E-state index contributed by atoms with van der Waals surface area (Å²) in [4.78, 5) is 2.46. The summed E-state index contributed by atoms with van der Waals surface area (Å²) >= 11 is 13.0. The molecule has 1 atom stereocenters. The molecule has 0 amide bonds. The second-order valence-electron chi connectivity index (χ2n) is 7.27. The van der Waals surface area contributed by atoms with E-state index in [4.69, 9.17) is 27.9 Å². The van der Waals surface area contributed by atoms with E-state index in [1.807, 2.05) is 13.8 Å². The lowest BCUT2D eigenvalue weighted by Gasteiger charge is -2.50. The second-order valence-corrected chi connectivity index (χ2v) is 8.09. The minimum absolute atomic E-state index is 0.00421. The van der Waals surface area contributed by atoms with Crippen molar-refractivity contribution in [3.05, 3.63) is 68.7 Å². The van der Waals surface area contributed by atoms with Gasteiger partial charge >= 0.3 is 0 Å². The van der Waals surface area contributed by atoms with E-state index in [0.717, 1.165) is 47.0 Å². The van der Waals surface area contributed by atoms with Gasteiger partial charge < -0.3 is 4.65 Å². The van der Waals surface area contributed by atoms with Crippen LogP contribution in [0.5, 0.6) is 0 Å². The van der Waals surface area contributed by atoms with Gasteiger partial charge in [-0.1, -0.05) is 47.5 Å². The molecule has 1 aliphatic heterocycles. The van der Waals surface area contributed by atoms with E-state index < -0.39 is 0 Å². The van der Waals surface area contributed by atoms with E-state index in [1.54, 1.807) is 8.05 Å². The van der Waals surface area contributed by atoms with E-state index >= 15 is 0 Å². The van der Waals surface area contributed by atoms with Crippen molar-refractivity contribution in [3.8, 4) is 0 Å². The third kappa shape index (κ3) is 3.43. The van der Waals surface area contributed by atoms with Crippen molar-refractivity contribution >= 4 is 31.3 Å². The molecule has 1 unspecified atom stereocenters. The Morgan fingerprint density at radius 2 is 1.54 bits per heavy atom. The molecule has 2 nitrogen and oxygen atoms in total. The van der Waals surface area contributed by atoms with Crippen molar-refractivity contribution in [2.45, 2.75) is 51.8 Å². The maximum absolute atomic E-state index is 6.52. The molecule has 2 aromatic carbocycles. The highest BCUT2D eigenvalue weighted by Gasteiger charge is 2.44. The summed E-state index contributed by atoms with van der Waals surface area (Å²) in [5, 5.41) is 1.60. The highest BCUT2D eigenvalue weighted by molar-refractivity contribution is 6.31. The number of rotatable bonds is 4. The smallest absolute Gasteiger partial charge is 0.259 e. The fourth-order valence-electron chi connectivity index (χ4n) is 4.10. The van der Waals surface area contributed by atoms with Gasteiger partial charge in [0.15, 0.2) is 0 Å². The summed E-state index contributed by atoms with van der Waals surface area (Å²) in [5.74, 6) is 0. The highest BCUT2D eigenvalue weighted by Crippen LogP contribution is 2.46. The van der Waals surface area contributed by atoms with E-state index in [2.05, 4.69) is 48.2 Å². The number of likely N-dealkylation sites (tertiary alicyclic amines) is 1. The van der Waals surface area contributed by atoms with Crippen LogP contribution >= 0.6 is 23.2 Å². The van der Waals surface area contributed by atoms with Crippen LogP contribution in [-0.2, 0) is 10.2 Å². The van der Waals surface area contributed by atoms with Crippen LogP contribution in [0.15, 0.2) is 36.4 Å². The zero-order valence-electron chi connectivity index (χ0n) is 16.0. The molecule has 0 bridgehead atoms. The molecule has 0 N–H and O–H groups in total. The molecular weight excluding hydrogens is 364 g/mol. The Hall–Kier alpha value is -0.995. The van der Waals surface area contributed by atoms with Crippen LogP contribution in [0.1, 0.15) is 48.4 Å². The monoisotopic (exact) mass is 389 g/mol. The Bertz CT molecular complexity index is 744. The van der Waals surface area contributed by atoms with Gasteiger partial charge in [-0.25, -0.2) is 0 Å². The number of hydrogen-bond acceptors (Lipinski definition) is 2. The Kier molecular flexibility index (Phi) is 6.03. The summed E-state index contributed by atoms with van der Waals surface area (Å²) in [6.07, 6.45) is 3.33. The summed E-state index contributed by atoms with van der Waals surface area (Å²) < 4.78 is 5.76. The normalized spacial score (nSPS) is 18.7. The first-order valence-corrected chi connectivity index (χ1v) is 9.98. The fourth-order valence-corrected chi connectivity index (χ4v) is 4.47. The van der Waals surface area contributed by atoms with Crippen molar-refractivity contribution in [1.29, 1.82) is 0 Å². The number of aryl methyl sites for hydroxylation is 2. The quantitative estimate of drug-likeness (QED) is 0.662. The SMILES string of the molecule is BOC(C)N1CCCCC1(c1ccc(C)c(Cl)c1)c1ccc(C)c(Cl)c1. The molecule has 0 saturated carbocycles. The number of piperidine rings is 1. The lowest BCUT2D eigenvalue weighted by molar-refractivity contribution is -0.0473. The van der Waals surface area contributed by atoms with Crippen LogP contribution in [0.4, 0.5) is 0 Å². The van der Waals surface area contributed by atoms with Gasteiger partial charge in [0.25, 0.3) is 8.05 Å². The number of hydrogen-bond donors (Lipinski definition) is 0. The molecule has 2 aromatic rings. The van der Waals surface area contributed by atoms with Crippen LogP contribution < -0.4 is 0 Å². The van der Waals surface area contributed by atoms with Crippen molar-refractivity contribution in [3.63, 3.8) is 0 Å². The van der Waals surface area contributed by atoms with Crippen LogP contribution in [0.3, 0.4) is 0 Å². The van der Waals surface area contributed by atoms with Gasteiger partial charge in [0.1, 0.15) is 0 Å². The third-order valence-corrected chi connectivity index (χ3v) is 6.57. The molecule has 1 saturated heterocycles. The van der Waals surface area contributed by atoms with Crippen LogP contribution in [0, 0.1) is 13.8 Å². The number of halogens is 2. The summed E-state index contributed by atoms with van der Waals surface area (Å²) in [6.45, 7) is 7.17. The summed E-state index contributed by atoms with van der Waals surface area (Å²) in [5.41, 5.74) is 4.31. The maximum atomic E-state index is 6.52. The Labute approximate surface area is 167 Å². The average Bonchev–Trinajstić information content (AvgIpc) is 2.65. The molecule has 1 aliphatic rings. The van der Waals surface area contributed by atoms with Crippen molar-refractivity contribution < 1.29 is 4.65 Å². The minimum atomic E-state index is -0.289. The van der Waals surface area contributed by atoms with Crippen molar-refractivity contribution in [1.82, 2.24) is 4.90 Å². The molecule has 5 heteroatoms. The van der Waals surface area contributed by atoms with E-state index in [9.17, 15) is 0 Å². The molecule has 0 spiro atoms. The zero-order valence-corrected chi connectivity index (χ0v) is 17.5. The molecule has 0 aliphatic carbocycles. The van der Waals surface area contributed by atoms with Crippen LogP contribution in [0.25, 0.3) is 0 Å². The summed E-state index contributed by atoms with van der Waals surface area (Å²) in [6, 6.07) is 12.9. The Morgan fingerprint density at radius 3 is 2.00 bits per heavy atom. The number of benzene rings is 2. The predicted octanol–water partition coefficient (Wildman–Crippen LogP) is 5.25. The third-order valence-electron chi connectivity index (χ3n) is 5.76. The number of nitrogens with zero attached hydrogens (tertiary/aromatic N) is 1. The van der Waals surface area contributed by atoms with Gasteiger partial charge in [0, 0.05) is 16.6 Å². The lowest BCUT2D eigenvalue weighted by Crippen LogP contribution is -2.54. The van der Waals surface area contributed by atoms with Crippen molar-refractivity contribution in [2.24, 2.45) is 0 Å². The van der Waals surface area contributed by atoms with Gasteiger partial charge in [-0.3, -0.25) is 4.90 Å². The summed E-state index contributed by atoms with van der Waals surface area (Å²) in [7, 11) is 1.77. The van der Waals surface area contributed by atoms with Crippen LogP contribution in [-0.4, -0.2) is 25.7 Å². The standard InChI is InChI=1S/C21H26BCl2NO/c1-14-6-8-17(12-19(14)23)21(18-9-7-15(2)20(24)13-18)10-4-5-11-25(21)16(3)26-22/h6-9,12-13,16H,4-5,10-11,22H2,1-3H3. The Balaban J connectivity index is 2.25. The van der Waals surface area contributed by atoms with Gasteiger partial charge in [-0.05, 0) is 74.4 Å². The van der Waals surface area contributed by atoms with Gasteiger partial charge in [0.2, 0.25) is 0 Å². The molecule has 1 fully saturated rings. The average molecular weight is 390 g/mol. The van der Waals surface area contributed by atoms with Gasteiger partial charge in [0.05, 0.1) is 11.8 Å². The van der Waals surface area contributed by atoms with Gasteiger partial charge in [-0.15, -0.1) is 0 Å². The molecule has 138 valence electrons. The molecule has 0 radical (unpaired) electrons. The second kappa shape index (κ2) is 7.94. The molecular formula is C21H26BCl2NO. The molecule has 1 heterocycles. The molecule has 0 aromatic heterocycles. The largest absolute Gasteiger partial charge is 0.430 e. The molecule has 3 rings (SSSR count). The fraction of sp³-hybridized carbons (Fsp3) is 0.429. The van der Waals surface area contributed by atoms with E-state index in [-0.39, 0.29) is 11.8 Å². The van der Waals surface area contributed by atoms with Crippen LogP contribution in [0.2, 0.25) is 10.0 Å². The van der Waals surface area contributed by atoms with E-state index in [0.29, 0.717) is 0 Å². The van der Waals surface area contributed by atoms with E-state index in [1.165, 1.54) is 11.1 Å². The maximum Gasteiger partial charge on any atom is 0.259 e. The predicted molar refractivity (Wildman–Crippen MR) is 113 cm³/mol. The molecule has 26 heavy (non-hydrogen) atoms. The highest BCUT2D eigenvalue weighted by atomic mass is 35.5. The first kappa shape index (κ1) is 19.8. The topological polar surface area (TPSA) is 12.5 Å². The first-order chi connectivity index (χ1) is 12.4. The minimum Gasteiger partial charge on any atom is -0.430 e. The lowest BCUT2D eigenvalue weighted by atomic mass is 9.74. The Morgan fingerprint density at radius 1 is 1.00 bits per heavy atom. The van der Waals surface area contributed by atoms with Crippen molar-refractivity contribution in [2.75, 3.05) is 6.54 Å². The zero-order chi connectivity index (χ0) is 18.9. The van der Waals surface area contributed by atoms with Gasteiger partial charge in [-0.2, -0.15) is 0 Å².